The highest BCUT2D eigenvalue weighted by atomic mass is 32.2. The number of carbonyl (C=O) groups is 1. The van der Waals surface area contributed by atoms with Crippen LogP contribution in [0.15, 0.2) is 28.2 Å². The van der Waals surface area contributed by atoms with Crippen molar-refractivity contribution in [1.82, 2.24) is 30.2 Å². The van der Waals surface area contributed by atoms with E-state index >= 15 is 0 Å². The van der Waals surface area contributed by atoms with Crippen molar-refractivity contribution in [3.05, 3.63) is 28.7 Å². The van der Waals surface area contributed by atoms with Crippen molar-refractivity contribution in [2.24, 2.45) is 0 Å². The molecule has 3 N–H and O–H groups in total. The minimum Gasteiger partial charge on any atom is -0.325 e. The van der Waals surface area contributed by atoms with Crippen molar-refractivity contribution in [2.45, 2.75) is 30.8 Å². The number of aromatic amines is 2. The summed E-state index contributed by atoms with van der Waals surface area (Å²) in [6.45, 7) is 4.35. The largest absolute Gasteiger partial charge is 0.325 e. The van der Waals surface area contributed by atoms with Gasteiger partial charge in [-0.2, -0.15) is 0 Å². The maximum absolute atomic E-state index is 12.3. The molecule has 2 aromatic heterocycles. The Morgan fingerprint density at radius 1 is 1.39 bits per heavy atom. The summed E-state index contributed by atoms with van der Waals surface area (Å²) < 4.78 is 1.63. The molecule has 0 fully saturated rings. The molecule has 2 heterocycles. The van der Waals surface area contributed by atoms with Crippen LogP contribution in [0.1, 0.15) is 13.8 Å². The van der Waals surface area contributed by atoms with Crippen LogP contribution in [0.25, 0.3) is 11.0 Å². The van der Waals surface area contributed by atoms with Gasteiger partial charge in [0.05, 0.1) is 16.3 Å². The number of tetrazole rings is 1. The number of rotatable bonds is 5. The molecule has 3 rings (SSSR count). The van der Waals surface area contributed by atoms with Gasteiger partial charge in [0.25, 0.3) is 0 Å². The molecule has 0 saturated heterocycles. The van der Waals surface area contributed by atoms with E-state index in [1.165, 1.54) is 11.8 Å². The van der Waals surface area contributed by atoms with Crippen LogP contribution in [-0.2, 0) is 11.3 Å². The number of nitrogens with zero attached hydrogens (tertiary/aromatic N) is 4. The monoisotopic (exact) mass is 333 g/mol. The molecule has 1 aromatic carbocycles. The van der Waals surface area contributed by atoms with E-state index in [9.17, 15) is 9.59 Å². The van der Waals surface area contributed by atoms with Gasteiger partial charge < -0.3 is 15.3 Å². The number of aromatic nitrogens is 6. The fourth-order valence-electron chi connectivity index (χ4n) is 2.05. The highest BCUT2D eigenvalue weighted by Gasteiger charge is 2.18. The average Bonchev–Trinajstić information content (AvgIpc) is 3.11. The van der Waals surface area contributed by atoms with E-state index in [1.807, 2.05) is 6.92 Å². The summed E-state index contributed by atoms with van der Waals surface area (Å²) in [6, 6.07) is 5.18. The summed E-state index contributed by atoms with van der Waals surface area (Å²) in [4.78, 5) is 28.8. The van der Waals surface area contributed by atoms with Crippen LogP contribution in [0.2, 0.25) is 0 Å². The standard InChI is InChI=1S/C13H15N7O2S/c1-3-20-13(17-18-19-20)23-7(2)11(21)14-8-4-5-9-10(6-8)16-12(22)15-9/h4-7H,3H2,1-2H3,(H,14,21)(H2,15,16,22). The van der Waals surface area contributed by atoms with Gasteiger partial charge in [0.2, 0.25) is 11.1 Å². The molecule has 10 heteroatoms. The lowest BCUT2D eigenvalue weighted by atomic mass is 10.2. The molecule has 3 aromatic rings. The molecule has 9 nitrogen and oxygen atoms in total. The van der Waals surface area contributed by atoms with Gasteiger partial charge in [0, 0.05) is 12.2 Å². The van der Waals surface area contributed by atoms with Crippen LogP contribution in [0, 0.1) is 0 Å². The molecule has 0 aliphatic heterocycles. The van der Waals surface area contributed by atoms with Gasteiger partial charge in [-0.25, -0.2) is 9.48 Å². The lowest BCUT2D eigenvalue weighted by Gasteiger charge is -2.11. The summed E-state index contributed by atoms with van der Waals surface area (Å²) in [7, 11) is 0. The van der Waals surface area contributed by atoms with Gasteiger partial charge in [-0.3, -0.25) is 4.79 Å². The van der Waals surface area contributed by atoms with Crippen LogP contribution in [0.3, 0.4) is 0 Å². The minimum absolute atomic E-state index is 0.169. The number of benzene rings is 1. The van der Waals surface area contributed by atoms with Crippen molar-refractivity contribution in [1.29, 1.82) is 0 Å². The first-order chi connectivity index (χ1) is 11.1. The second kappa shape index (κ2) is 6.24. The third-order valence-electron chi connectivity index (χ3n) is 3.23. The Hall–Kier alpha value is -2.62. The van der Waals surface area contributed by atoms with Crippen LogP contribution < -0.4 is 11.0 Å². The first-order valence-corrected chi connectivity index (χ1v) is 7.90. The number of thioether (sulfide) groups is 1. The Bertz CT molecular complexity index is 897. The zero-order chi connectivity index (χ0) is 16.4. The van der Waals surface area contributed by atoms with Crippen LogP contribution in [0.4, 0.5) is 5.69 Å². The van der Waals surface area contributed by atoms with E-state index in [1.54, 1.807) is 29.8 Å². The van der Waals surface area contributed by atoms with Crippen molar-refractivity contribution in [2.75, 3.05) is 5.32 Å². The van der Waals surface area contributed by atoms with Gasteiger partial charge in [0.15, 0.2) is 0 Å². The molecular weight excluding hydrogens is 318 g/mol. The molecule has 0 bridgehead atoms. The molecule has 120 valence electrons. The molecule has 0 saturated carbocycles. The Morgan fingerprint density at radius 2 is 2.17 bits per heavy atom. The molecule has 1 unspecified atom stereocenters. The molecule has 0 aliphatic carbocycles. The number of aryl methyl sites for hydroxylation is 1. The fraction of sp³-hybridized carbons (Fsp3) is 0.308. The zero-order valence-corrected chi connectivity index (χ0v) is 13.3. The first kappa shape index (κ1) is 15.3. The van der Waals surface area contributed by atoms with Gasteiger partial charge in [0.1, 0.15) is 0 Å². The van der Waals surface area contributed by atoms with Gasteiger partial charge in [-0.05, 0) is 42.5 Å². The van der Waals surface area contributed by atoms with Gasteiger partial charge >= 0.3 is 5.69 Å². The van der Waals surface area contributed by atoms with E-state index < -0.39 is 0 Å². The van der Waals surface area contributed by atoms with Crippen molar-refractivity contribution in [3.63, 3.8) is 0 Å². The zero-order valence-electron chi connectivity index (χ0n) is 12.5. The number of fused-ring (bicyclic) bond motifs is 1. The highest BCUT2D eigenvalue weighted by molar-refractivity contribution is 8.00. The maximum atomic E-state index is 12.3. The molecular formula is C13H15N7O2S. The normalized spacial score (nSPS) is 12.4. The smallest absolute Gasteiger partial charge is 0.323 e. The third kappa shape index (κ3) is 3.26. The SMILES string of the molecule is CCn1nnnc1SC(C)C(=O)Nc1ccc2[nH]c(=O)[nH]c2c1. The van der Waals surface area contributed by atoms with E-state index in [2.05, 4.69) is 30.8 Å². The van der Waals surface area contributed by atoms with E-state index in [4.69, 9.17) is 0 Å². The molecule has 0 spiro atoms. The predicted molar refractivity (Wildman–Crippen MR) is 86.4 cm³/mol. The van der Waals surface area contributed by atoms with Crippen LogP contribution in [0.5, 0.6) is 0 Å². The number of nitrogens with one attached hydrogen (secondary N) is 3. The highest BCUT2D eigenvalue weighted by Crippen LogP contribution is 2.22. The number of carbonyl (C=O) groups excluding carboxylic acids is 1. The molecule has 23 heavy (non-hydrogen) atoms. The number of imidazole rings is 1. The number of amides is 1. The summed E-state index contributed by atoms with van der Waals surface area (Å²) in [5.41, 5.74) is 1.67. The Morgan fingerprint density at radius 3 is 2.96 bits per heavy atom. The topological polar surface area (TPSA) is 121 Å². The minimum atomic E-state index is -0.368. The van der Waals surface area contributed by atoms with Crippen molar-refractivity contribution in [3.8, 4) is 0 Å². The van der Waals surface area contributed by atoms with Gasteiger partial charge in [-0.1, -0.05) is 11.8 Å². The molecule has 1 amide bonds. The average molecular weight is 333 g/mol. The second-order valence-corrected chi connectivity index (χ2v) is 6.17. The predicted octanol–water partition coefficient (Wildman–Crippen LogP) is 0.982. The van der Waals surface area contributed by atoms with Crippen LogP contribution in [-0.4, -0.2) is 41.3 Å². The lowest BCUT2D eigenvalue weighted by Crippen LogP contribution is -2.23. The lowest BCUT2D eigenvalue weighted by molar-refractivity contribution is -0.115. The summed E-state index contributed by atoms with van der Waals surface area (Å²) >= 11 is 1.29. The number of hydrogen-bond acceptors (Lipinski definition) is 6. The second-order valence-electron chi connectivity index (χ2n) is 4.87. The van der Waals surface area contributed by atoms with E-state index in [0.717, 1.165) is 0 Å². The van der Waals surface area contributed by atoms with Crippen LogP contribution >= 0.6 is 11.8 Å². The van der Waals surface area contributed by atoms with Gasteiger partial charge in [-0.15, -0.1) is 5.10 Å². The molecule has 0 radical (unpaired) electrons. The maximum Gasteiger partial charge on any atom is 0.323 e. The van der Waals surface area contributed by atoms with Crippen molar-refractivity contribution >= 4 is 34.4 Å². The Kier molecular flexibility index (Phi) is 4.15. The number of anilines is 1. The third-order valence-corrected chi connectivity index (χ3v) is 4.30. The van der Waals surface area contributed by atoms with E-state index in [-0.39, 0.29) is 16.8 Å². The first-order valence-electron chi connectivity index (χ1n) is 7.02. The van der Waals surface area contributed by atoms with E-state index in [0.29, 0.717) is 28.4 Å². The number of H-pyrrole nitrogens is 2. The number of hydrogen-bond donors (Lipinski definition) is 3. The quantitative estimate of drug-likeness (QED) is 0.598. The summed E-state index contributed by atoms with van der Waals surface area (Å²) in [5, 5.41) is 14.4. The Labute approximate surface area is 134 Å². The van der Waals surface area contributed by atoms with Crippen molar-refractivity contribution < 1.29 is 4.79 Å². The molecule has 0 aliphatic rings. The molecule has 1 atom stereocenters. The summed E-state index contributed by atoms with van der Waals surface area (Å²) in [6.07, 6.45) is 0. The summed E-state index contributed by atoms with van der Waals surface area (Å²) in [5.74, 6) is -0.169. The Balaban J connectivity index is 1.70. The fourth-order valence-corrected chi connectivity index (χ4v) is 2.90.